The Kier molecular flexibility index (Phi) is 2.08. The molecule has 16 heavy (non-hydrogen) atoms. The van der Waals surface area contributed by atoms with Crippen LogP contribution in [0.4, 0.5) is 0 Å². The molecule has 80 valence electrons. The highest BCUT2D eigenvalue weighted by molar-refractivity contribution is 5.77. The fourth-order valence-corrected chi connectivity index (χ4v) is 2.28. The molecule has 0 unspecified atom stereocenters. The minimum absolute atomic E-state index is 0.403. The van der Waals surface area contributed by atoms with E-state index >= 15 is 0 Å². The second-order valence-electron chi connectivity index (χ2n) is 4.01. The Balaban J connectivity index is 2.12. The first-order valence-electron chi connectivity index (χ1n) is 5.40. The molecule has 0 radical (unpaired) electrons. The zero-order chi connectivity index (χ0) is 11.0. The van der Waals surface area contributed by atoms with E-state index in [1.807, 2.05) is 12.1 Å². The second kappa shape index (κ2) is 3.58. The minimum Gasteiger partial charge on any atom is -0.328 e. The topological polar surface area (TPSA) is 47.2 Å². The van der Waals surface area contributed by atoms with Crippen molar-refractivity contribution >= 4 is 17.1 Å². The Morgan fingerprint density at radius 3 is 3.31 bits per heavy atom. The van der Waals surface area contributed by atoms with Crippen LogP contribution in [0.25, 0.3) is 11.0 Å². The van der Waals surface area contributed by atoms with Gasteiger partial charge in [0.2, 0.25) is 6.08 Å². The summed E-state index contributed by atoms with van der Waals surface area (Å²) in [5, 5.41) is 0. The summed E-state index contributed by atoms with van der Waals surface area (Å²) in [6.45, 7) is 1.45. The van der Waals surface area contributed by atoms with Crippen LogP contribution in [0.3, 0.4) is 0 Å². The summed E-state index contributed by atoms with van der Waals surface area (Å²) in [5.74, 6) is 1.17. The second-order valence-corrected chi connectivity index (χ2v) is 4.01. The molecule has 0 spiro atoms. The number of hydrogen-bond donors (Lipinski definition) is 0. The van der Waals surface area contributed by atoms with Crippen LogP contribution in [0.5, 0.6) is 0 Å². The normalized spacial score (nSPS) is 13.8. The molecule has 1 aliphatic heterocycles. The van der Waals surface area contributed by atoms with Crippen molar-refractivity contribution in [2.75, 3.05) is 0 Å². The van der Waals surface area contributed by atoms with Gasteiger partial charge in [-0.2, -0.15) is 0 Å². The standard InChI is InChI=1S/C12H11N3O/c16-8-13-7-9-3-4-10-11(6-9)15-5-1-2-12(15)14-10/h3-4,6H,1-2,5,7H2. The van der Waals surface area contributed by atoms with Gasteiger partial charge >= 0.3 is 0 Å². The van der Waals surface area contributed by atoms with E-state index in [1.165, 1.54) is 12.2 Å². The van der Waals surface area contributed by atoms with Crippen LogP contribution >= 0.6 is 0 Å². The van der Waals surface area contributed by atoms with Gasteiger partial charge in [0.25, 0.3) is 0 Å². The van der Waals surface area contributed by atoms with Gasteiger partial charge in [-0.1, -0.05) is 6.07 Å². The van der Waals surface area contributed by atoms with Gasteiger partial charge in [0.1, 0.15) is 5.82 Å². The fraction of sp³-hybridized carbons (Fsp3) is 0.333. The molecule has 1 aromatic carbocycles. The first kappa shape index (κ1) is 9.31. The molecule has 3 rings (SSSR count). The number of isocyanates is 1. The molecule has 4 nitrogen and oxygen atoms in total. The number of hydrogen-bond acceptors (Lipinski definition) is 3. The predicted octanol–water partition coefficient (Wildman–Crippen LogP) is 1.82. The molecule has 0 N–H and O–H groups in total. The molecule has 0 atom stereocenters. The lowest BCUT2D eigenvalue weighted by atomic mass is 10.2. The monoisotopic (exact) mass is 213 g/mol. The van der Waals surface area contributed by atoms with Gasteiger partial charge in [-0.05, 0) is 24.1 Å². The summed E-state index contributed by atoms with van der Waals surface area (Å²) in [7, 11) is 0. The lowest BCUT2D eigenvalue weighted by molar-refractivity contribution is 0.563. The zero-order valence-corrected chi connectivity index (χ0v) is 8.81. The van der Waals surface area contributed by atoms with E-state index in [4.69, 9.17) is 0 Å². The molecule has 0 fully saturated rings. The summed E-state index contributed by atoms with van der Waals surface area (Å²) in [4.78, 5) is 18.2. The number of benzene rings is 1. The van der Waals surface area contributed by atoms with Crippen LogP contribution in [0.1, 0.15) is 17.8 Å². The van der Waals surface area contributed by atoms with Gasteiger partial charge in [0.15, 0.2) is 0 Å². The predicted molar refractivity (Wildman–Crippen MR) is 59.9 cm³/mol. The Morgan fingerprint density at radius 1 is 1.50 bits per heavy atom. The van der Waals surface area contributed by atoms with Gasteiger partial charge in [-0.25, -0.2) is 14.8 Å². The van der Waals surface area contributed by atoms with Crippen LogP contribution in [0.2, 0.25) is 0 Å². The Hall–Kier alpha value is -1.93. The number of carbonyl (C=O) groups excluding carboxylic acids is 1. The zero-order valence-electron chi connectivity index (χ0n) is 8.81. The molecule has 2 heterocycles. The van der Waals surface area contributed by atoms with Gasteiger partial charge in [-0.3, -0.25) is 0 Å². The van der Waals surface area contributed by atoms with Crippen molar-refractivity contribution < 1.29 is 4.79 Å². The number of rotatable bonds is 2. The molecular formula is C12H11N3O. The average Bonchev–Trinajstić information content (AvgIpc) is 2.86. The van der Waals surface area contributed by atoms with Crippen molar-refractivity contribution in [1.82, 2.24) is 9.55 Å². The highest BCUT2D eigenvalue weighted by atomic mass is 16.1. The van der Waals surface area contributed by atoms with E-state index < -0.39 is 0 Å². The van der Waals surface area contributed by atoms with Crippen LogP contribution in [0, 0.1) is 0 Å². The van der Waals surface area contributed by atoms with Gasteiger partial charge in [0, 0.05) is 13.0 Å². The maximum atomic E-state index is 10.1. The van der Waals surface area contributed by atoms with Crippen molar-refractivity contribution in [3.05, 3.63) is 29.6 Å². The largest absolute Gasteiger partial charge is 0.328 e. The first-order chi connectivity index (χ1) is 7.88. The fourth-order valence-electron chi connectivity index (χ4n) is 2.28. The van der Waals surface area contributed by atoms with Crippen LogP contribution in [-0.2, 0) is 24.3 Å². The summed E-state index contributed by atoms with van der Waals surface area (Å²) < 4.78 is 2.25. The van der Waals surface area contributed by atoms with Crippen LogP contribution in [-0.4, -0.2) is 15.6 Å². The Labute approximate surface area is 92.6 Å². The third-order valence-corrected chi connectivity index (χ3v) is 3.00. The van der Waals surface area contributed by atoms with Crippen molar-refractivity contribution in [1.29, 1.82) is 0 Å². The summed E-state index contributed by atoms with van der Waals surface area (Å²) >= 11 is 0. The summed E-state index contributed by atoms with van der Waals surface area (Å²) in [5.41, 5.74) is 3.23. The minimum atomic E-state index is 0.403. The average molecular weight is 213 g/mol. The molecule has 0 saturated carbocycles. The molecule has 0 amide bonds. The highest BCUT2D eigenvalue weighted by Crippen LogP contribution is 2.23. The molecular weight excluding hydrogens is 202 g/mol. The van der Waals surface area contributed by atoms with Gasteiger partial charge < -0.3 is 4.57 Å². The van der Waals surface area contributed by atoms with E-state index in [2.05, 4.69) is 20.6 Å². The molecule has 4 heteroatoms. The van der Waals surface area contributed by atoms with E-state index in [-0.39, 0.29) is 0 Å². The lowest BCUT2D eigenvalue weighted by Crippen LogP contribution is -1.92. The third-order valence-electron chi connectivity index (χ3n) is 3.00. The maximum Gasteiger partial charge on any atom is 0.235 e. The molecule has 0 saturated heterocycles. The number of imidazole rings is 1. The van der Waals surface area contributed by atoms with E-state index in [0.29, 0.717) is 6.54 Å². The molecule has 1 aliphatic rings. The number of aromatic nitrogens is 2. The number of aliphatic imine (C=N–C) groups is 1. The summed E-state index contributed by atoms with van der Waals surface area (Å²) in [6.07, 6.45) is 3.80. The number of nitrogens with zero attached hydrogens (tertiary/aromatic N) is 3. The van der Waals surface area contributed by atoms with Crippen molar-refractivity contribution in [2.24, 2.45) is 4.99 Å². The number of fused-ring (bicyclic) bond motifs is 3. The van der Waals surface area contributed by atoms with Crippen molar-refractivity contribution in [2.45, 2.75) is 25.9 Å². The van der Waals surface area contributed by atoms with Crippen molar-refractivity contribution in [3.8, 4) is 0 Å². The van der Waals surface area contributed by atoms with Gasteiger partial charge in [0.05, 0.1) is 17.6 Å². The van der Waals surface area contributed by atoms with E-state index in [1.54, 1.807) is 6.08 Å². The van der Waals surface area contributed by atoms with E-state index in [9.17, 15) is 4.79 Å². The molecule has 0 bridgehead atoms. The smallest absolute Gasteiger partial charge is 0.235 e. The van der Waals surface area contributed by atoms with Crippen LogP contribution < -0.4 is 0 Å². The molecule has 0 aliphatic carbocycles. The van der Waals surface area contributed by atoms with Crippen molar-refractivity contribution in [3.63, 3.8) is 0 Å². The Morgan fingerprint density at radius 2 is 2.44 bits per heavy atom. The first-order valence-corrected chi connectivity index (χ1v) is 5.40. The molecule has 2 aromatic rings. The van der Waals surface area contributed by atoms with Gasteiger partial charge in [-0.15, -0.1) is 0 Å². The third kappa shape index (κ3) is 1.35. The SMILES string of the molecule is O=C=NCc1ccc2nc3n(c2c1)CCC3. The Bertz CT molecular complexity index is 594. The van der Waals surface area contributed by atoms with Crippen LogP contribution in [0.15, 0.2) is 23.2 Å². The quantitative estimate of drug-likeness (QED) is 0.564. The lowest BCUT2D eigenvalue weighted by Gasteiger charge is -2.00. The number of aryl methyl sites for hydroxylation is 2. The summed E-state index contributed by atoms with van der Waals surface area (Å²) in [6, 6.07) is 6.03. The molecule has 1 aromatic heterocycles. The maximum absolute atomic E-state index is 10.1. The highest BCUT2D eigenvalue weighted by Gasteiger charge is 2.15. The van der Waals surface area contributed by atoms with E-state index in [0.717, 1.165) is 29.6 Å².